The van der Waals surface area contributed by atoms with Gasteiger partial charge in [-0.3, -0.25) is 4.79 Å². The Kier molecular flexibility index (Phi) is 5.79. The number of alkyl halides is 3. The van der Waals surface area contributed by atoms with Crippen LogP contribution in [-0.2, 0) is 23.9 Å². The number of amides is 1. The Morgan fingerprint density at radius 2 is 2.04 bits per heavy atom. The van der Waals surface area contributed by atoms with Gasteiger partial charge >= 0.3 is 6.18 Å². The predicted molar refractivity (Wildman–Crippen MR) is 85.2 cm³/mol. The van der Waals surface area contributed by atoms with E-state index in [-0.39, 0.29) is 24.6 Å². The Bertz CT molecular complexity index is 654. The second-order valence-electron chi connectivity index (χ2n) is 5.10. The van der Waals surface area contributed by atoms with Gasteiger partial charge in [-0.25, -0.2) is 0 Å². The number of anilines is 1. The number of thiophene rings is 1. The van der Waals surface area contributed by atoms with Gasteiger partial charge in [0.1, 0.15) is 0 Å². The van der Waals surface area contributed by atoms with E-state index in [0.717, 1.165) is 18.6 Å². The van der Waals surface area contributed by atoms with Crippen molar-refractivity contribution in [1.29, 1.82) is 0 Å². The molecule has 0 atom stereocenters. The van der Waals surface area contributed by atoms with Gasteiger partial charge in [-0.1, -0.05) is 6.07 Å². The molecule has 0 radical (unpaired) electrons. The van der Waals surface area contributed by atoms with Crippen molar-refractivity contribution in [1.82, 2.24) is 0 Å². The van der Waals surface area contributed by atoms with E-state index in [1.54, 1.807) is 11.3 Å². The maximum Gasteiger partial charge on any atom is 0.416 e. The second kappa shape index (κ2) is 7.61. The fourth-order valence-electron chi connectivity index (χ4n) is 2.15. The zero-order valence-electron chi connectivity index (χ0n) is 12.3. The van der Waals surface area contributed by atoms with Gasteiger partial charge in [-0.15, -0.1) is 11.3 Å². The number of halogens is 3. The minimum Gasteiger partial charge on any atom is -0.326 e. The highest BCUT2D eigenvalue weighted by Crippen LogP contribution is 2.32. The molecule has 23 heavy (non-hydrogen) atoms. The van der Waals surface area contributed by atoms with Crippen molar-refractivity contribution in [3.8, 4) is 0 Å². The van der Waals surface area contributed by atoms with Crippen molar-refractivity contribution < 1.29 is 18.0 Å². The minimum absolute atomic E-state index is 0.0227. The van der Waals surface area contributed by atoms with E-state index in [1.807, 2.05) is 17.5 Å². The van der Waals surface area contributed by atoms with E-state index in [9.17, 15) is 18.0 Å². The summed E-state index contributed by atoms with van der Waals surface area (Å²) in [5.74, 6) is -0.302. The van der Waals surface area contributed by atoms with Gasteiger partial charge in [0.15, 0.2) is 0 Å². The normalized spacial score (nSPS) is 11.5. The molecule has 0 saturated carbocycles. The highest BCUT2D eigenvalue weighted by molar-refractivity contribution is 7.09. The van der Waals surface area contributed by atoms with E-state index >= 15 is 0 Å². The summed E-state index contributed by atoms with van der Waals surface area (Å²) in [6.45, 7) is -0.0227. The SMILES string of the molecule is NCc1cc(NC(=O)CCCc2cccs2)cc(C(F)(F)F)c1. The van der Waals surface area contributed by atoms with Crippen LogP contribution in [0, 0.1) is 0 Å². The number of hydrogen-bond acceptors (Lipinski definition) is 3. The lowest BCUT2D eigenvalue weighted by atomic mass is 10.1. The molecule has 7 heteroatoms. The minimum atomic E-state index is -4.47. The van der Waals surface area contributed by atoms with Crippen molar-refractivity contribution in [3.63, 3.8) is 0 Å². The molecular weight excluding hydrogens is 325 g/mol. The van der Waals surface area contributed by atoms with Crippen LogP contribution in [0.5, 0.6) is 0 Å². The molecule has 0 aliphatic rings. The number of nitrogens with one attached hydrogen (secondary N) is 1. The van der Waals surface area contributed by atoms with Crippen molar-refractivity contribution >= 4 is 22.9 Å². The van der Waals surface area contributed by atoms with Gasteiger partial charge in [0, 0.05) is 23.5 Å². The maximum atomic E-state index is 12.8. The third-order valence-electron chi connectivity index (χ3n) is 3.25. The lowest BCUT2D eigenvalue weighted by Crippen LogP contribution is -2.14. The monoisotopic (exact) mass is 342 g/mol. The zero-order chi connectivity index (χ0) is 16.9. The number of benzene rings is 1. The number of carbonyl (C=O) groups is 1. The number of hydrogen-bond donors (Lipinski definition) is 2. The number of carbonyl (C=O) groups excluding carboxylic acids is 1. The number of aryl methyl sites for hydroxylation is 1. The standard InChI is InChI=1S/C16H17F3N2OS/c17-16(18,19)12-7-11(10-20)8-13(9-12)21-15(22)5-1-3-14-4-2-6-23-14/h2,4,6-9H,1,3,5,10,20H2,(H,21,22). The molecule has 0 spiro atoms. The molecule has 2 rings (SSSR count). The van der Waals surface area contributed by atoms with Crippen molar-refractivity contribution in [2.24, 2.45) is 5.73 Å². The summed E-state index contributed by atoms with van der Waals surface area (Å²) in [6.07, 6.45) is -2.79. The van der Waals surface area contributed by atoms with Crippen LogP contribution in [0.1, 0.15) is 28.8 Å². The van der Waals surface area contributed by atoms with Gasteiger partial charge in [0.25, 0.3) is 0 Å². The summed E-state index contributed by atoms with van der Waals surface area (Å²) >= 11 is 1.62. The molecule has 124 valence electrons. The van der Waals surface area contributed by atoms with E-state index in [0.29, 0.717) is 12.0 Å². The van der Waals surface area contributed by atoms with Crippen molar-refractivity contribution in [2.45, 2.75) is 32.0 Å². The van der Waals surface area contributed by atoms with Crippen molar-refractivity contribution in [3.05, 3.63) is 51.7 Å². The molecule has 0 aliphatic carbocycles. The van der Waals surface area contributed by atoms with Crippen LogP contribution in [0.25, 0.3) is 0 Å². The summed E-state index contributed by atoms with van der Waals surface area (Å²) in [5, 5.41) is 4.48. The first-order valence-corrected chi connectivity index (χ1v) is 8.00. The zero-order valence-corrected chi connectivity index (χ0v) is 13.1. The highest BCUT2D eigenvalue weighted by atomic mass is 32.1. The van der Waals surface area contributed by atoms with E-state index < -0.39 is 11.7 Å². The fourth-order valence-corrected chi connectivity index (χ4v) is 2.90. The van der Waals surface area contributed by atoms with Crippen LogP contribution in [0.3, 0.4) is 0 Å². The molecular formula is C16H17F3N2OS. The summed E-state index contributed by atoms with van der Waals surface area (Å²) in [5.41, 5.74) is 5.06. The smallest absolute Gasteiger partial charge is 0.326 e. The van der Waals surface area contributed by atoms with Crippen LogP contribution in [-0.4, -0.2) is 5.91 Å². The lowest BCUT2D eigenvalue weighted by Gasteiger charge is -2.12. The quantitative estimate of drug-likeness (QED) is 0.827. The number of rotatable bonds is 6. The third kappa shape index (κ3) is 5.37. The first-order chi connectivity index (χ1) is 10.9. The Morgan fingerprint density at radius 1 is 1.26 bits per heavy atom. The predicted octanol–water partition coefficient (Wildman–Crippen LogP) is 4.19. The van der Waals surface area contributed by atoms with Crippen molar-refractivity contribution in [2.75, 3.05) is 5.32 Å². The van der Waals surface area contributed by atoms with Gasteiger partial charge < -0.3 is 11.1 Å². The van der Waals surface area contributed by atoms with Crippen LogP contribution in [0.4, 0.5) is 18.9 Å². The molecule has 1 aromatic heterocycles. The molecule has 0 aliphatic heterocycles. The first kappa shape index (κ1) is 17.5. The van der Waals surface area contributed by atoms with Gasteiger partial charge in [0.05, 0.1) is 5.56 Å². The molecule has 0 unspecified atom stereocenters. The average Bonchev–Trinajstić information content (AvgIpc) is 2.99. The molecule has 1 aromatic carbocycles. The molecule has 1 amide bonds. The Morgan fingerprint density at radius 3 is 2.65 bits per heavy atom. The van der Waals surface area contributed by atoms with E-state index in [4.69, 9.17) is 5.73 Å². The van der Waals surface area contributed by atoms with Crippen LogP contribution >= 0.6 is 11.3 Å². The highest BCUT2D eigenvalue weighted by Gasteiger charge is 2.31. The van der Waals surface area contributed by atoms with Gasteiger partial charge in [0.2, 0.25) is 5.91 Å². The molecule has 3 N–H and O–H groups in total. The Labute approximate surface area is 136 Å². The summed E-state index contributed by atoms with van der Waals surface area (Å²) in [7, 11) is 0. The van der Waals surface area contributed by atoms with Gasteiger partial charge in [-0.05, 0) is 48.1 Å². The fraction of sp³-hybridized carbons (Fsp3) is 0.312. The Hall–Kier alpha value is -1.86. The summed E-state index contributed by atoms with van der Waals surface area (Å²) < 4.78 is 38.5. The summed E-state index contributed by atoms with van der Waals surface area (Å²) in [4.78, 5) is 13.1. The molecule has 0 saturated heterocycles. The third-order valence-corrected chi connectivity index (χ3v) is 4.18. The topological polar surface area (TPSA) is 55.1 Å². The maximum absolute atomic E-state index is 12.8. The van der Waals surface area contributed by atoms with Gasteiger partial charge in [-0.2, -0.15) is 13.2 Å². The van der Waals surface area contributed by atoms with E-state index in [1.165, 1.54) is 10.9 Å². The average molecular weight is 342 g/mol. The summed E-state index contributed by atoms with van der Waals surface area (Å²) in [6, 6.07) is 7.31. The van der Waals surface area contributed by atoms with Crippen LogP contribution in [0.2, 0.25) is 0 Å². The molecule has 2 aromatic rings. The molecule has 0 fully saturated rings. The van der Waals surface area contributed by atoms with E-state index in [2.05, 4.69) is 5.32 Å². The molecule has 0 bridgehead atoms. The molecule has 1 heterocycles. The molecule has 3 nitrogen and oxygen atoms in total. The second-order valence-corrected chi connectivity index (χ2v) is 6.13. The number of nitrogens with two attached hydrogens (primary N) is 1. The largest absolute Gasteiger partial charge is 0.416 e. The van der Waals surface area contributed by atoms with Crippen LogP contribution in [0.15, 0.2) is 35.7 Å². The van der Waals surface area contributed by atoms with Crippen LogP contribution < -0.4 is 11.1 Å². The first-order valence-electron chi connectivity index (χ1n) is 7.12. The lowest BCUT2D eigenvalue weighted by molar-refractivity contribution is -0.137. The Balaban J connectivity index is 1.96.